The molecule has 0 amide bonds. The van der Waals surface area contributed by atoms with Gasteiger partial charge in [0.25, 0.3) is 0 Å². The first-order chi connectivity index (χ1) is 22.3. The van der Waals surface area contributed by atoms with Crippen molar-refractivity contribution in [1.29, 1.82) is 0 Å². The normalized spacial score (nSPS) is 14.8. The smallest absolute Gasteiger partial charge is 0.0726 e. The van der Waals surface area contributed by atoms with Crippen LogP contribution < -0.4 is 10.6 Å². The van der Waals surface area contributed by atoms with E-state index in [9.17, 15) is 0 Å². The average Bonchev–Trinajstić information content (AvgIpc) is 3.47. The molecule has 0 aliphatic heterocycles. The lowest BCUT2D eigenvalue weighted by molar-refractivity contribution is 0.709. The Morgan fingerprint density at radius 3 is 1.33 bits per heavy atom. The van der Waals surface area contributed by atoms with Crippen LogP contribution in [0.4, 0.5) is 22.7 Å². The molecular formula is C41H40N4. The van der Waals surface area contributed by atoms with Crippen LogP contribution in [0.3, 0.4) is 0 Å². The largest absolute Gasteiger partial charge is 0.355 e. The number of nitrogens with one attached hydrogen (secondary N) is 2. The van der Waals surface area contributed by atoms with E-state index < -0.39 is 0 Å². The summed E-state index contributed by atoms with van der Waals surface area (Å²) in [4.78, 5) is 10.1. The highest BCUT2D eigenvalue weighted by Gasteiger charge is 2.19. The van der Waals surface area contributed by atoms with E-state index in [-0.39, 0.29) is 0 Å². The minimum Gasteiger partial charge on any atom is -0.355 e. The van der Waals surface area contributed by atoms with Gasteiger partial charge in [0.15, 0.2) is 0 Å². The van der Waals surface area contributed by atoms with Gasteiger partial charge in [-0.3, -0.25) is 9.97 Å². The number of hydrogen-bond donors (Lipinski definition) is 2. The Bertz CT molecular complexity index is 1830. The van der Waals surface area contributed by atoms with Crippen LogP contribution in [-0.4, -0.2) is 9.97 Å². The summed E-state index contributed by atoms with van der Waals surface area (Å²) in [5.74, 6) is 0. The molecule has 2 aromatic heterocycles. The quantitative estimate of drug-likeness (QED) is 0.190. The van der Waals surface area contributed by atoms with Crippen molar-refractivity contribution in [3.05, 3.63) is 131 Å². The molecule has 0 bridgehead atoms. The molecule has 224 valence electrons. The molecule has 4 nitrogen and oxygen atoms in total. The van der Waals surface area contributed by atoms with Crippen LogP contribution in [0.15, 0.2) is 97.1 Å². The average molecular weight is 589 g/mol. The maximum Gasteiger partial charge on any atom is 0.0726 e. The molecule has 2 heterocycles. The Morgan fingerprint density at radius 2 is 0.867 bits per heavy atom. The van der Waals surface area contributed by atoms with E-state index in [1.54, 1.807) is 0 Å². The van der Waals surface area contributed by atoms with Gasteiger partial charge in [0.1, 0.15) is 0 Å². The number of aromatic nitrogens is 2. The van der Waals surface area contributed by atoms with Crippen molar-refractivity contribution in [1.82, 2.24) is 9.97 Å². The summed E-state index contributed by atoms with van der Waals surface area (Å²) >= 11 is 0. The molecule has 2 aliphatic carbocycles. The maximum atomic E-state index is 5.06. The Labute approximate surface area is 266 Å². The highest BCUT2D eigenvalue weighted by Crippen LogP contribution is 2.36. The minimum atomic E-state index is 0.904. The predicted molar refractivity (Wildman–Crippen MR) is 188 cm³/mol. The molecule has 0 radical (unpaired) electrons. The summed E-state index contributed by atoms with van der Waals surface area (Å²) in [5, 5.41) is 10.0. The Kier molecular flexibility index (Phi) is 7.64. The summed E-state index contributed by atoms with van der Waals surface area (Å²) in [6.07, 6.45) is 12.7. The number of para-hydroxylation sites is 2. The number of benzene rings is 4. The van der Waals surface area contributed by atoms with Crippen LogP contribution in [0.1, 0.15) is 72.2 Å². The van der Waals surface area contributed by atoms with Gasteiger partial charge in [-0.25, -0.2) is 0 Å². The van der Waals surface area contributed by atoms with Crippen LogP contribution in [-0.2, 0) is 32.1 Å². The fourth-order valence-corrected chi connectivity index (χ4v) is 7.32. The minimum absolute atomic E-state index is 0.904. The molecule has 2 aliphatic rings. The molecule has 0 unspecified atom stereocenters. The second kappa shape index (κ2) is 12.4. The number of nitrogens with zero attached hydrogens (tertiary/aromatic N) is 2. The van der Waals surface area contributed by atoms with Crippen molar-refractivity contribution in [3.8, 4) is 0 Å². The summed E-state index contributed by atoms with van der Waals surface area (Å²) in [6, 6.07) is 35.1. The van der Waals surface area contributed by atoms with E-state index in [4.69, 9.17) is 9.97 Å². The fourth-order valence-electron chi connectivity index (χ4n) is 7.32. The summed E-state index contributed by atoms with van der Waals surface area (Å²) < 4.78 is 0. The van der Waals surface area contributed by atoms with Gasteiger partial charge in [-0.2, -0.15) is 0 Å². The van der Waals surface area contributed by atoms with Crippen LogP contribution >= 0.6 is 0 Å². The third-order valence-corrected chi connectivity index (χ3v) is 9.69. The van der Waals surface area contributed by atoms with Gasteiger partial charge >= 0.3 is 0 Å². The van der Waals surface area contributed by atoms with Crippen molar-refractivity contribution in [2.75, 3.05) is 10.6 Å². The van der Waals surface area contributed by atoms with Gasteiger partial charge in [0.05, 0.1) is 22.4 Å². The number of hydrogen-bond acceptors (Lipinski definition) is 4. The zero-order chi connectivity index (χ0) is 30.0. The molecule has 0 saturated heterocycles. The van der Waals surface area contributed by atoms with E-state index in [0.29, 0.717) is 0 Å². The maximum absolute atomic E-state index is 5.06. The summed E-state index contributed by atoms with van der Waals surface area (Å²) in [6.45, 7) is 0. The molecular weight excluding hydrogens is 548 g/mol. The molecule has 0 saturated carbocycles. The van der Waals surface area contributed by atoms with Gasteiger partial charge < -0.3 is 10.6 Å². The van der Waals surface area contributed by atoms with E-state index >= 15 is 0 Å². The standard InChI is InChI=1S/C41H40N4/c1-3-11-32-36(15-5-1)44-38-17-9-7-13-34(38)40(32)42-30-23-19-28(20-24-30)27-29-21-25-31(26-22-29)43-41-33-12-4-2-6-16-37(33)45-39-18-10-8-14-35(39)41/h7-10,13-14,17-26H,1-6,11-12,15-16,27H2,(H,42,44)(H,43,45). The van der Waals surface area contributed by atoms with Crippen molar-refractivity contribution >= 4 is 44.6 Å². The van der Waals surface area contributed by atoms with Crippen molar-refractivity contribution in [3.63, 3.8) is 0 Å². The van der Waals surface area contributed by atoms with E-state index in [1.807, 2.05) is 0 Å². The van der Waals surface area contributed by atoms with E-state index in [0.717, 1.165) is 54.5 Å². The first-order valence-corrected chi connectivity index (χ1v) is 16.8. The topological polar surface area (TPSA) is 49.8 Å². The van der Waals surface area contributed by atoms with Gasteiger partial charge in [0, 0.05) is 33.5 Å². The lowest BCUT2D eigenvalue weighted by Gasteiger charge is -2.18. The lowest BCUT2D eigenvalue weighted by atomic mass is 10.0. The highest BCUT2D eigenvalue weighted by atomic mass is 14.9. The zero-order valence-electron chi connectivity index (χ0n) is 25.9. The van der Waals surface area contributed by atoms with Crippen molar-refractivity contribution in [2.45, 2.75) is 70.6 Å². The second-order valence-corrected chi connectivity index (χ2v) is 12.8. The number of aryl methyl sites for hydroxylation is 2. The SMILES string of the molecule is c1ccc2c(Nc3ccc(Cc4ccc(Nc5c6c(nc7ccccc57)CCCCC6)cc4)cc3)c3c(nc2c1)CCCCC3. The molecule has 0 atom stereocenters. The first kappa shape index (κ1) is 27.8. The van der Waals surface area contributed by atoms with Gasteiger partial charge in [-0.1, -0.05) is 73.5 Å². The molecule has 0 spiro atoms. The van der Waals surface area contributed by atoms with Crippen molar-refractivity contribution < 1.29 is 0 Å². The summed E-state index contributed by atoms with van der Waals surface area (Å²) in [7, 11) is 0. The monoisotopic (exact) mass is 588 g/mol. The molecule has 8 rings (SSSR count). The van der Waals surface area contributed by atoms with Crippen LogP contribution in [0, 0.1) is 0 Å². The molecule has 45 heavy (non-hydrogen) atoms. The van der Waals surface area contributed by atoms with Crippen LogP contribution in [0.2, 0.25) is 0 Å². The second-order valence-electron chi connectivity index (χ2n) is 12.8. The van der Waals surface area contributed by atoms with E-state index in [2.05, 4.69) is 108 Å². The van der Waals surface area contributed by atoms with Crippen LogP contribution in [0.5, 0.6) is 0 Å². The Hall–Kier alpha value is -4.70. The molecule has 2 N–H and O–H groups in total. The lowest BCUT2D eigenvalue weighted by Crippen LogP contribution is -2.04. The third-order valence-electron chi connectivity index (χ3n) is 9.69. The number of anilines is 4. The molecule has 0 fully saturated rings. The molecule has 4 aromatic carbocycles. The highest BCUT2D eigenvalue weighted by molar-refractivity contribution is 5.96. The van der Waals surface area contributed by atoms with Gasteiger partial charge in [-0.15, -0.1) is 0 Å². The summed E-state index contributed by atoms with van der Waals surface area (Å²) in [5.41, 5.74) is 14.9. The Balaban J connectivity index is 1.00. The predicted octanol–water partition coefficient (Wildman–Crippen LogP) is 10.4. The van der Waals surface area contributed by atoms with Gasteiger partial charge in [-0.05, 0) is 116 Å². The number of fused-ring (bicyclic) bond motifs is 4. The molecule has 4 heteroatoms. The third kappa shape index (κ3) is 5.78. The fraction of sp³-hybridized carbons (Fsp3) is 0.268. The number of pyridine rings is 2. The van der Waals surface area contributed by atoms with E-state index in [1.165, 1.54) is 94.3 Å². The zero-order valence-corrected chi connectivity index (χ0v) is 25.9. The molecule has 6 aromatic rings. The number of rotatable bonds is 6. The first-order valence-electron chi connectivity index (χ1n) is 16.8. The van der Waals surface area contributed by atoms with Gasteiger partial charge in [0.2, 0.25) is 0 Å². The van der Waals surface area contributed by atoms with Crippen molar-refractivity contribution in [2.24, 2.45) is 0 Å². The van der Waals surface area contributed by atoms with Crippen LogP contribution in [0.25, 0.3) is 21.8 Å². The Morgan fingerprint density at radius 1 is 0.444 bits per heavy atom.